The summed E-state index contributed by atoms with van der Waals surface area (Å²) in [6.45, 7) is 4.30. The second kappa shape index (κ2) is 6.75. The van der Waals surface area contributed by atoms with Gasteiger partial charge in [0, 0.05) is 0 Å². The molecule has 0 bridgehead atoms. The van der Waals surface area contributed by atoms with E-state index in [0.717, 1.165) is 0 Å². The van der Waals surface area contributed by atoms with Crippen LogP contribution in [-0.2, 0) is 0 Å². The maximum atomic E-state index is 5.94. The van der Waals surface area contributed by atoms with Crippen molar-refractivity contribution in [2.24, 2.45) is 5.73 Å². The van der Waals surface area contributed by atoms with Crippen LogP contribution in [0.15, 0.2) is 24.3 Å². The summed E-state index contributed by atoms with van der Waals surface area (Å²) in [6, 6.07) is 8.87. The second-order valence-corrected chi connectivity index (χ2v) is 9.48. The Bertz CT molecular complexity index is 276. The zero-order valence-electron chi connectivity index (χ0n) is 8.79. The van der Waals surface area contributed by atoms with Crippen molar-refractivity contribution >= 4 is 36.5 Å². The SMILES string of the molecule is CCS[CH2][Sn][c]1ccccc1C(C)N. The fraction of sp³-hybridized carbons (Fsp3) is 0.455. The zero-order chi connectivity index (χ0) is 10.4. The van der Waals surface area contributed by atoms with Crippen LogP contribution in [0.25, 0.3) is 0 Å². The Morgan fingerprint density at radius 2 is 2.14 bits per heavy atom. The number of nitrogens with two attached hydrogens (primary N) is 1. The van der Waals surface area contributed by atoms with Crippen molar-refractivity contribution in [3.63, 3.8) is 0 Å². The Balaban J connectivity index is 2.64. The van der Waals surface area contributed by atoms with Gasteiger partial charge in [-0.15, -0.1) is 0 Å². The van der Waals surface area contributed by atoms with Gasteiger partial charge in [0.2, 0.25) is 0 Å². The monoisotopic (exact) mass is 315 g/mol. The van der Waals surface area contributed by atoms with Crippen molar-refractivity contribution in [1.29, 1.82) is 0 Å². The summed E-state index contributed by atoms with van der Waals surface area (Å²) in [5, 5.41) is 0. The summed E-state index contributed by atoms with van der Waals surface area (Å²) < 4.78 is 2.94. The molecule has 0 spiro atoms. The standard InChI is InChI=1S/C8H10N.C3H7S.Sn/c1-7(9)8-5-3-2-4-6-8;1-3-4-2;/h2-5,7H,9H2,1H3;2-3H2,1H3;. The predicted octanol–water partition coefficient (Wildman–Crippen LogP) is 1.75. The molecular formula is C11H17NSSn. The van der Waals surface area contributed by atoms with Gasteiger partial charge in [-0.1, -0.05) is 0 Å². The van der Waals surface area contributed by atoms with Gasteiger partial charge in [-0.25, -0.2) is 0 Å². The van der Waals surface area contributed by atoms with Crippen LogP contribution in [0.1, 0.15) is 25.5 Å². The predicted molar refractivity (Wildman–Crippen MR) is 67.4 cm³/mol. The number of benzene rings is 1. The summed E-state index contributed by atoms with van der Waals surface area (Å²) in [4.78, 5) is 0. The van der Waals surface area contributed by atoms with Gasteiger partial charge in [0.15, 0.2) is 0 Å². The van der Waals surface area contributed by atoms with E-state index in [-0.39, 0.29) is 6.04 Å². The molecule has 1 aromatic rings. The molecule has 0 aliphatic carbocycles. The Morgan fingerprint density at radius 1 is 1.43 bits per heavy atom. The van der Waals surface area contributed by atoms with Crippen LogP contribution >= 0.6 is 11.8 Å². The van der Waals surface area contributed by atoms with E-state index >= 15 is 0 Å². The number of hydrogen-bond donors (Lipinski definition) is 1. The van der Waals surface area contributed by atoms with E-state index in [2.05, 4.69) is 49.9 Å². The van der Waals surface area contributed by atoms with Gasteiger partial charge >= 0.3 is 101 Å². The van der Waals surface area contributed by atoms with Crippen molar-refractivity contribution in [1.82, 2.24) is 0 Å². The van der Waals surface area contributed by atoms with Gasteiger partial charge in [-0.3, -0.25) is 0 Å². The minimum absolute atomic E-state index is 0.193. The van der Waals surface area contributed by atoms with Gasteiger partial charge in [0.1, 0.15) is 0 Å². The third-order valence-corrected chi connectivity index (χ3v) is 8.15. The van der Waals surface area contributed by atoms with E-state index in [9.17, 15) is 0 Å². The third kappa shape index (κ3) is 3.83. The minimum atomic E-state index is -0.390. The molecule has 1 rings (SSSR count). The summed E-state index contributed by atoms with van der Waals surface area (Å²) in [6.07, 6.45) is 0. The molecule has 14 heavy (non-hydrogen) atoms. The van der Waals surface area contributed by atoms with Crippen LogP contribution in [-0.4, -0.2) is 30.7 Å². The summed E-state index contributed by atoms with van der Waals surface area (Å²) in [7, 11) is 0. The van der Waals surface area contributed by atoms with E-state index in [1.165, 1.54) is 15.1 Å². The quantitative estimate of drug-likeness (QED) is 0.662. The normalized spacial score (nSPS) is 12.8. The maximum absolute atomic E-state index is 5.94. The van der Waals surface area contributed by atoms with Gasteiger partial charge in [0.25, 0.3) is 0 Å². The summed E-state index contributed by atoms with van der Waals surface area (Å²) in [5.41, 5.74) is 7.31. The Hall–Kier alpha value is 0.329. The molecule has 0 aromatic heterocycles. The van der Waals surface area contributed by atoms with Crippen LogP contribution in [0.3, 0.4) is 0 Å². The molecule has 0 aliphatic heterocycles. The number of rotatable bonds is 5. The zero-order valence-corrected chi connectivity index (χ0v) is 12.5. The van der Waals surface area contributed by atoms with E-state index in [1.54, 1.807) is 3.58 Å². The molecule has 0 heterocycles. The second-order valence-electron chi connectivity index (χ2n) is 3.19. The van der Waals surface area contributed by atoms with Crippen LogP contribution in [0, 0.1) is 0 Å². The molecule has 0 fully saturated rings. The molecular weight excluding hydrogens is 297 g/mol. The van der Waals surface area contributed by atoms with Crippen molar-refractivity contribution < 1.29 is 0 Å². The average Bonchev–Trinajstić information content (AvgIpc) is 2.19. The van der Waals surface area contributed by atoms with Crippen molar-refractivity contribution in [2.75, 3.05) is 9.52 Å². The van der Waals surface area contributed by atoms with Crippen LogP contribution in [0.2, 0.25) is 0 Å². The first-order valence-corrected chi connectivity index (χ1v) is 9.51. The first kappa shape index (κ1) is 12.4. The van der Waals surface area contributed by atoms with Gasteiger partial charge in [0.05, 0.1) is 0 Å². The van der Waals surface area contributed by atoms with E-state index in [0.29, 0.717) is 0 Å². The van der Waals surface area contributed by atoms with Crippen LogP contribution in [0.5, 0.6) is 0 Å². The molecule has 76 valence electrons. The van der Waals surface area contributed by atoms with Gasteiger partial charge < -0.3 is 0 Å². The average molecular weight is 314 g/mol. The fourth-order valence-corrected chi connectivity index (χ4v) is 7.78. The molecule has 1 atom stereocenters. The molecule has 1 unspecified atom stereocenters. The molecule has 3 heteroatoms. The topological polar surface area (TPSA) is 26.0 Å². The fourth-order valence-electron chi connectivity index (χ4n) is 1.29. The molecule has 2 N–H and O–H groups in total. The molecule has 0 aliphatic rings. The van der Waals surface area contributed by atoms with Gasteiger partial charge in [-0.05, 0) is 0 Å². The molecule has 0 amide bonds. The van der Waals surface area contributed by atoms with Crippen LogP contribution in [0.4, 0.5) is 0 Å². The first-order chi connectivity index (χ1) is 6.75. The molecule has 0 saturated carbocycles. The Kier molecular flexibility index (Phi) is 5.97. The van der Waals surface area contributed by atoms with E-state index in [1.807, 2.05) is 0 Å². The first-order valence-electron chi connectivity index (χ1n) is 4.91. The van der Waals surface area contributed by atoms with Gasteiger partial charge in [-0.2, -0.15) is 0 Å². The van der Waals surface area contributed by atoms with Crippen molar-refractivity contribution in [2.45, 2.75) is 19.9 Å². The molecule has 0 saturated heterocycles. The van der Waals surface area contributed by atoms with Crippen molar-refractivity contribution in [3.05, 3.63) is 29.8 Å². The molecule has 2 radical (unpaired) electrons. The third-order valence-electron chi connectivity index (χ3n) is 2.02. The molecule has 1 nitrogen and oxygen atoms in total. The van der Waals surface area contributed by atoms with Crippen molar-refractivity contribution in [3.8, 4) is 0 Å². The van der Waals surface area contributed by atoms with E-state index in [4.69, 9.17) is 5.73 Å². The van der Waals surface area contributed by atoms with E-state index < -0.39 is 21.1 Å². The van der Waals surface area contributed by atoms with Crippen LogP contribution < -0.4 is 9.31 Å². The summed E-state index contributed by atoms with van der Waals surface area (Å²) in [5.74, 6) is 1.24. The number of hydrogen-bond acceptors (Lipinski definition) is 2. The Labute approximate surface area is 101 Å². The summed E-state index contributed by atoms with van der Waals surface area (Å²) >= 11 is 1.67. The molecule has 1 aromatic carbocycles. The Morgan fingerprint density at radius 3 is 2.79 bits per heavy atom. The number of thioether (sulfide) groups is 1.